The molecule has 0 radical (unpaired) electrons. The molecule has 0 amide bonds. The first kappa shape index (κ1) is 23.5. The third-order valence-electron chi connectivity index (χ3n) is 6.92. The summed E-state index contributed by atoms with van der Waals surface area (Å²) in [6.45, 7) is 4.15. The molecule has 0 unspecified atom stereocenters. The van der Waals surface area contributed by atoms with Crippen molar-refractivity contribution in [2.24, 2.45) is 5.41 Å². The number of hydrogen-bond acceptors (Lipinski definition) is 7. The molecular weight excluding hydrogens is 492 g/mol. The highest BCUT2D eigenvalue weighted by Gasteiger charge is 2.44. The Hall–Kier alpha value is -3.91. The number of ketones is 1. The lowest BCUT2D eigenvalue weighted by Gasteiger charge is -2.37. The number of hydrogen-bond donors (Lipinski definition) is 0. The first-order valence-corrected chi connectivity index (χ1v) is 12.3. The minimum atomic E-state index is -0.471. The zero-order valence-electron chi connectivity index (χ0n) is 20.9. The van der Waals surface area contributed by atoms with Crippen molar-refractivity contribution < 1.29 is 19.0 Å². The summed E-state index contributed by atoms with van der Waals surface area (Å²) in [4.78, 5) is 23.1. The van der Waals surface area contributed by atoms with Crippen LogP contribution in [0.15, 0.2) is 60.1 Å². The lowest BCUT2D eigenvalue weighted by Crippen LogP contribution is -2.33. The Kier molecular flexibility index (Phi) is 5.45. The number of Topliss-reactive ketones (excluding diaryl/α,β-unsaturated/α-hetero) is 1. The second kappa shape index (κ2) is 8.59. The molecule has 0 bridgehead atoms. The molecule has 2 aromatic heterocycles. The van der Waals surface area contributed by atoms with E-state index in [0.717, 1.165) is 5.56 Å². The fraction of sp³-hybridized carbons (Fsp3) is 0.286. The lowest BCUT2D eigenvalue weighted by atomic mass is 9.70. The van der Waals surface area contributed by atoms with Crippen LogP contribution in [0.4, 0.5) is 0 Å². The van der Waals surface area contributed by atoms with Crippen LogP contribution in [0.2, 0.25) is 5.02 Å². The topological polar surface area (TPSA) is 87.8 Å². The first-order chi connectivity index (χ1) is 17.8. The maximum absolute atomic E-state index is 13.6. The summed E-state index contributed by atoms with van der Waals surface area (Å²) in [5.74, 6) is 2.26. The molecule has 1 aliphatic carbocycles. The van der Waals surface area contributed by atoms with Gasteiger partial charge in [-0.25, -0.2) is 14.5 Å². The van der Waals surface area contributed by atoms with E-state index in [4.69, 9.17) is 30.8 Å². The third-order valence-corrected chi connectivity index (χ3v) is 7.25. The monoisotopic (exact) mass is 516 g/mol. The average Bonchev–Trinajstić information content (AvgIpc) is 3.31. The lowest BCUT2D eigenvalue weighted by molar-refractivity contribution is -0.118. The summed E-state index contributed by atoms with van der Waals surface area (Å²) in [5, 5.41) is 5.19. The van der Waals surface area contributed by atoms with Gasteiger partial charge in [-0.2, -0.15) is 0 Å². The van der Waals surface area contributed by atoms with Crippen molar-refractivity contribution in [3.63, 3.8) is 0 Å². The Morgan fingerprint density at radius 3 is 2.62 bits per heavy atom. The summed E-state index contributed by atoms with van der Waals surface area (Å²) in [6.07, 6.45) is 2.62. The zero-order chi connectivity index (χ0) is 25.9. The van der Waals surface area contributed by atoms with E-state index in [1.54, 1.807) is 31.1 Å². The molecule has 0 saturated heterocycles. The van der Waals surface area contributed by atoms with Crippen LogP contribution in [-0.4, -0.2) is 39.6 Å². The van der Waals surface area contributed by atoms with Gasteiger partial charge in [0.05, 0.1) is 30.7 Å². The number of rotatable bonds is 4. The Morgan fingerprint density at radius 1 is 1.08 bits per heavy atom. The van der Waals surface area contributed by atoms with Crippen LogP contribution >= 0.6 is 11.6 Å². The average molecular weight is 517 g/mol. The fourth-order valence-electron chi connectivity index (χ4n) is 5.27. The van der Waals surface area contributed by atoms with Crippen molar-refractivity contribution in [2.75, 3.05) is 14.2 Å². The van der Waals surface area contributed by atoms with E-state index in [0.29, 0.717) is 69.2 Å². The summed E-state index contributed by atoms with van der Waals surface area (Å²) in [5.41, 5.74) is 3.18. The number of carbonyl (C=O) groups is 1. The molecule has 2 aromatic carbocycles. The molecule has 6 rings (SSSR count). The van der Waals surface area contributed by atoms with E-state index < -0.39 is 5.92 Å². The molecule has 0 saturated carbocycles. The van der Waals surface area contributed by atoms with E-state index in [1.807, 2.05) is 36.4 Å². The summed E-state index contributed by atoms with van der Waals surface area (Å²) in [6, 6.07) is 13.1. The largest absolute Gasteiger partial charge is 0.493 e. The van der Waals surface area contributed by atoms with Gasteiger partial charge in [0.1, 0.15) is 12.1 Å². The Balaban J connectivity index is 1.62. The van der Waals surface area contributed by atoms with Gasteiger partial charge in [0.15, 0.2) is 28.8 Å². The minimum Gasteiger partial charge on any atom is -0.493 e. The van der Waals surface area contributed by atoms with Gasteiger partial charge in [0.2, 0.25) is 5.88 Å². The van der Waals surface area contributed by atoms with Crippen molar-refractivity contribution in [3.05, 3.63) is 76.3 Å². The highest BCUT2D eigenvalue weighted by Crippen LogP contribution is 2.51. The maximum atomic E-state index is 13.6. The highest BCUT2D eigenvalue weighted by atomic mass is 35.5. The van der Waals surface area contributed by atoms with Crippen LogP contribution in [0.3, 0.4) is 0 Å². The van der Waals surface area contributed by atoms with Crippen molar-refractivity contribution in [3.8, 4) is 28.8 Å². The van der Waals surface area contributed by atoms with Crippen LogP contribution in [0.5, 0.6) is 17.4 Å². The van der Waals surface area contributed by atoms with Gasteiger partial charge in [-0.05, 0) is 35.2 Å². The van der Waals surface area contributed by atoms with E-state index in [9.17, 15) is 4.79 Å². The van der Waals surface area contributed by atoms with Crippen LogP contribution in [-0.2, 0) is 4.79 Å². The van der Waals surface area contributed by atoms with Gasteiger partial charge >= 0.3 is 0 Å². The van der Waals surface area contributed by atoms with Crippen LogP contribution in [0.25, 0.3) is 17.0 Å². The smallest absolute Gasteiger partial charge is 0.228 e. The first-order valence-electron chi connectivity index (χ1n) is 12.0. The Labute approximate surface area is 218 Å². The third kappa shape index (κ3) is 3.83. The van der Waals surface area contributed by atoms with Gasteiger partial charge in [0, 0.05) is 24.0 Å². The zero-order valence-corrected chi connectivity index (χ0v) is 21.7. The number of aromatic nitrogens is 4. The number of methoxy groups -OCH3 is 2. The number of nitrogens with zero attached hydrogens (tertiary/aromatic N) is 4. The van der Waals surface area contributed by atoms with Crippen molar-refractivity contribution in [1.82, 2.24) is 19.6 Å². The van der Waals surface area contributed by atoms with E-state index >= 15 is 0 Å². The maximum Gasteiger partial charge on any atom is 0.228 e. The SMILES string of the molecule is COc1ccc([C@@H]2C3=C(CC(C)(C)CC3=O)Oc3ncn4nc(-c5ccccc5Cl)nc4c32)cc1OC. The summed E-state index contributed by atoms with van der Waals surface area (Å²) >= 11 is 6.45. The van der Waals surface area contributed by atoms with Gasteiger partial charge < -0.3 is 14.2 Å². The molecule has 1 atom stereocenters. The Morgan fingerprint density at radius 2 is 1.86 bits per heavy atom. The molecule has 4 aromatic rings. The normalized spacial score (nSPS) is 18.3. The van der Waals surface area contributed by atoms with Crippen molar-refractivity contribution >= 4 is 23.0 Å². The predicted molar refractivity (Wildman–Crippen MR) is 138 cm³/mol. The minimum absolute atomic E-state index is 0.0459. The molecular formula is C28H25ClN4O4. The molecule has 0 spiro atoms. The number of fused-ring (bicyclic) bond motifs is 3. The van der Waals surface area contributed by atoms with Crippen LogP contribution < -0.4 is 14.2 Å². The molecule has 2 aliphatic rings. The number of halogens is 1. The van der Waals surface area contributed by atoms with E-state index in [-0.39, 0.29) is 11.2 Å². The molecule has 0 N–H and O–H groups in total. The quantitative estimate of drug-likeness (QED) is 0.347. The number of allylic oxidation sites excluding steroid dienone is 2. The summed E-state index contributed by atoms with van der Waals surface area (Å²) < 4.78 is 19.0. The second-order valence-electron chi connectivity index (χ2n) is 10.1. The van der Waals surface area contributed by atoms with E-state index in [2.05, 4.69) is 23.9 Å². The standard InChI is InChI=1S/C28H25ClN4O4/c1-28(2)12-18(34)23-21(13-28)37-27-24(22(23)15-9-10-19(35-3)20(11-15)36-4)26-31-25(32-33(26)14-30-27)16-7-5-6-8-17(16)29/h5-11,14,22H,12-13H2,1-4H3/t22-/m1/s1. The van der Waals surface area contributed by atoms with Crippen LogP contribution in [0, 0.1) is 5.41 Å². The molecule has 3 heterocycles. The van der Waals surface area contributed by atoms with Crippen molar-refractivity contribution in [2.45, 2.75) is 32.6 Å². The molecule has 37 heavy (non-hydrogen) atoms. The predicted octanol–water partition coefficient (Wildman–Crippen LogP) is 5.63. The number of carbonyl (C=O) groups excluding carboxylic acids is 1. The van der Waals surface area contributed by atoms with E-state index in [1.165, 1.54) is 0 Å². The van der Waals surface area contributed by atoms with Crippen LogP contribution in [0.1, 0.15) is 43.7 Å². The molecule has 9 heteroatoms. The van der Waals surface area contributed by atoms with Crippen molar-refractivity contribution in [1.29, 1.82) is 0 Å². The number of ether oxygens (including phenoxy) is 3. The number of benzene rings is 2. The van der Waals surface area contributed by atoms with Gasteiger partial charge in [0.25, 0.3) is 0 Å². The van der Waals surface area contributed by atoms with Gasteiger partial charge in [-0.3, -0.25) is 4.79 Å². The Bertz CT molecular complexity index is 1610. The molecule has 188 valence electrons. The molecule has 1 aliphatic heterocycles. The molecule has 8 nitrogen and oxygen atoms in total. The van der Waals surface area contributed by atoms with Gasteiger partial charge in [-0.15, -0.1) is 5.10 Å². The fourth-order valence-corrected chi connectivity index (χ4v) is 5.49. The molecule has 0 fully saturated rings. The van der Waals surface area contributed by atoms with Gasteiger partial charge in [-0.1, -0.05) is 43.6 Å². The second-order valence-corrected chi connectivity index (χ2v) is 10.5. The summed E-state index contributed by atoms with van der Waals surface area (Å²) in [7, 11) is 3.18. The highest BCUT2D eigenvalue weighted by molar-refractivity contribution is 6.33.